The molecule has 0 aliphatic rings. The van der Waals surface area contributed by atoms with E-state index < -0.39 is 13.9 Å². The summed E-state index contributed by atoms with van der Waals surface area (Å²) in [5, 5.41) is 6.56. The topological polar surface area (TPSA) is 51.1 Å². The van der Waals surface area contributed by atoms with E-state index in [-0.39, 0.29) is 11.0 Å². The third kappa shape index (κ3) is 11.0. The van der Waals surface area contributed by atoms with Crippen LogP contribution in [0.5, 0.6) is 5.75 Å². The molecule has 210 valence electrons. The lowest BCUT2D eigenvalue weighted by atomic mass is 9.93. The summed E-state index contributed by atoms with van der Waals surface area (Å²) in [6.07, 6.45) is 7.34. The normalized spacial score (nSPS) is 13.4. The molecule has 2 rings (SSSR count). The highest BCUT2D eigenvalue weighted by atomic mass is 28.4. The predicted molar refractivity (Wildman–Crippen MR) is 163 cm³/mol. The Labute approximate surface area is 232 Å². The van der Waals surface area contributed by atoms with Crippen LogP contribution in [0.1, 0.15) is 82.3 Å². The number of carbonyl (C=O) groups is 1. The van der Waals surface area contributed by atoms with Crippen molar-refractivity contribution in [2.24, 2.45) is 11.0 Å². The molecule has 2 aromatic carbocycles. The molecular weight excluding hydrogens is 488 g/mol. The van der Waals surface area contributed by atoms with Gasteiger partial charge in [0.05, 0.1) is 5.56 Å². The Morgan fingerprint density at radius 2 is 1.50 bits per heavy atom. The van der Waals surface area contributed by atoms with E-state index in [4.69, 9.17) is 9.16 Å². The monoisotopic (exact) mass is 538 g/mol. The maximum atomic E-state index is 12.3. The molecule has 0 heterocycles. The fourth-order valence-electron chi connectivity index (χ4n) is 3.78. The molecule has 2 aromatic rings. The Bertz CT molecular complexity index is 1030. The summed E-state index contributed by atoms with van der Waals surface area (Å²) < 4.78 is 11.9. The fraction of sp³-hybridized carbons (Fsp3) is 0.562. The van der Waals surface area contributed by atoms with Crippen LogP contribution in [0.3, 0.4) is 0 Å². The van der Waals surface area contributed by atoms with Gasteiger partial charge in [0.15, 0.2) is 0 Å². The Morgan fingerprint density at radius 3 is 2.03 bits per heavy atom. The predicted octanol–water partition coefficient (Wildman–Crippen LogP) is 8.15. The van der Waals surface area contributed by atoms with Crippen LogP contribution in [0.25, 0.3) is 0 Å². The van der Waals surface area contributed by atoms with Crippen molar-refractivity contribution in [3.63, 3.8) is 0 Å². The Hall–Kier alpha value is -2.60. The molecule has 0 aliphatic heterocycles. The fourth-order valence-corrected chi connectivity index (χ4v) is 4.81. The third-order valence-electron chi connectivity index (χ3n) is 6.99. The SMILES string of the molecule is CN(C)/N=C/C(CCCCc1ccc(O[Si](C)(C)C(C)(C)C)cc1)Cc1ccc(C(=O)OC(C)(C)C)cc1. The van der Waals surface area contributed by atoms with Crippen LogP contribution in [-0.2, 0) is 17.6 Å². The third-order valence-corrected chi connectivity index (χ3v) is 11.3. The maximum absolute atomic E-state index is 12.3. The van der Waals surface area contributed by atoms with Gasteiger partial charge >= 0.3 is 5.97 Å². The van der Waals surface area contributed by atoms with Gasteiger partial charge in [-0.15, -0.1) is 0 Å². The van der Waals surface area contributed by atoms with Gasteiger partial charge in [-0.3, -0.25) is 0 Å². The summed E-state index contributed by atoms with van der Waals surface area (Å²) >= 11 is 0. The van der Waals surface area contributed by atoms with Crippen LogP contribution >= 0.6 is 0 Å². The minimum atomic E-state index is -1.81. The van der Waals surface area contributed by atoms with Crippen molar-refractivity contribution in [2.45, 2.75) is 97.4 Å². The molecule has 0 fully saturated rings. The molecule has 6 heteroatoms. The number of rotatable bonds is 12. The van der Waals surface area contributed by atoms with Gasteiger partial charge in [-0.1, -0.05) is 51.5 Å². The number of nitrogens with zero attached hydrogens (tertiary/aromatic N) is 2. The van der Waals surface area contributed by atoms with Crippen molar-refractivity contribution in [1.82, 2.24) is 5.01 Å². The highest BCUT2D eigenvalue weighted by Crippen LogP contribution is 2.37. The molecule has 0 spiro atoms. The Kier molecular flexibility index (Phi) is 11.2. The minimum absolute atomic E-state index is 0.193. The van der Waals surface area contributed by atoms with E-state index >= 15 is 0 Å². The van der Waals surface area contributed by atoms with Crippen molar-refractivity contribution < 1.29 is 14.0 Å². The van der Waals surface area contributed by atoms with Gasteiger partial charge in [-0.25, -0.2) is 4.79 Å². The largest absolute Gasteiger partial charge is 0.544 e. The first-order valence-electron chi connectivity index (χ1n) is 13.9. The summed E-state index contributed by atoms with van der Waals surface area (Å²) in [6, 6.07) is 16.5. The smallest absolute Gasteiger partial charge is 0.338 e. The molecule has 0 radical (unpaired) electrons. The standard InChI is InChI=1S/C32H50N2O3Si/c1-31(2,3)36-30(35)28-19-15-26(16-20-28)23-27(24-33-34(7)8)14-12-11-13-25-17-21-29(22-18-25)37-38(9,10)32(4,5)6/h15-22,24,27H,11-14,23H2,1-10H3/b33-24+. The first kappa shape index (κ1) is 31.6. The zero-order valence-electron chi connectivity index (χ0n) is 25.4. The second-order valence-electron chi connectivity index (χ2n) is 13.0. The van der Waals surface area contributed by atoms with E-state index in [1.54, 1.807) is 0 Å². The van der Waals surface area contributed by atoms with Gasteiger partial charge in [0.1, 0.15) is 11.4 Å². The summed E-state index contributed by atoms with van der Waals surface area (Å²) in [4.78, 5) is 12.3. The van der Waals surface area contributed by atoms with Crippen LogP contribution in [0, 0.1) is 5.92 Å². The zero-order valence-corrected chi connectivity index (χ0v) is 26.4. The molecule has 1 atom stereocenters. The average molecular weight is 539 g/mol. The molecule has 5 nitrogen and oxygen atoms in total. The lowest BCUT2D eigenvalue weighted by Crippen LogP contribution is -2.43. The summed E-state index contributed by atoms with van der Waals surface area (Å²) in [5.41, 5.74) is 2.64. The summed E-state index contributed by atoms with van der Waals surface area (Å²) in [6.45, 7) is 17.0. The summed E-state index contributed by atoms with van der Waals surface area (Å²) in [5.74, 6) is 1.04. The van der Waals surface area contributed by atoms with Gasteiger partial charge in [0.25, 0.3) is 0 Å². The number of esters is 1. The van der Waals surface area contributed by atoms with Crippen molar-refractivity contribution in [3.05, 3.63) is 65.2 Å². The zero-order chi connectivity index (χ0) is 28.6. The molecule has 0 bridgehead atoms. The highest BCUT2D eigenvalue weighted by Gasteiger charge is 2.38. The molecule has 38 heavy (non-hydrogen) atoms. The maximum Gasteiger partial charge on any atom is 0.338 e. The molecule has 0 aliphatic carbocycles. The van der Waals surface area contributed by atoms with Crippen molar-refractivity contribution in [2.75, 3.05) is 14.1 Å². The first-order chi connectivity index (χ1) is 17.6. The number of hydrogen-bond acceptors (Lipinski definition) is 5. The van der Waals surface area contributed by atoms with Gasteiger partial charge < -0.3 is 14.2 Å². The van der Waals surface area contributed by atoms with Crippen LogP contribution in [0.4, 0.5) is 0 Å². The van der Waals surface area contributed by atoms with Crippen LogP contribution in [0.2, 0.25) is 18.1 Å². The molecule has 0 N–H and O–H groups in total. The van der Waals surface area contributed by atoms with E-state index in [1.807, 2.05) is 64.1 Å². The number of aryl methyl sites for hydroxylation is 1. The lowest BCUT2D eigenvalue weighted by molar-refractivity contribution is 0.00695. The first-order valence-corrected chi connectivity index (χ1v) is 16.8. The van der Waals surface area contributed by atoms with Crippen molar-refractivity contribution in [3.8, 4) is 5.75 Å². The van der Waals surface area contributed by atoms with E-state index in [0.29, 0.717) is 11.5 Å². The highest BCUT2D eigenvalue weighted by molar-refractivity contribution is 6.74. The van der Waals surface area contributed by atoms with Crippen LogP contribution in [0.15, 0.2) is 53.6 Å². The Balaban J connectivity index is 1.90. The van der Waals surface area contributed by atoms with E-state index in [9.17, 15) is 4.79 Å². The molecule has 0 saturated heterocycles. The molecule has 0 saturated carbocycles. The number of unbranched alkanes of at least 4 members (excludes halogenated alkanes) is 1. The quantitative estimate of drug-likeness (QED) is 0.0899. The number of ether oxygens (including phenoxy) is 1. The lowest BCUT2D eigenvalue weighted by Gasteiger charge is -2.36. The van der Waals surface area contributed by atoms with Gasteiger partial charge in [0.2, 0.25) is 8.32 Å². The second kappa shape index (κ2) is 13.5. The number of carbonyl (C=O) groups excluding carboxylic acids is 1. The van der Waals surface area contributed by atoms with E-state index in [1.165, 1.54) is 11.1 Å². The average Bonchev–Trinajstić information content (AvgIpc) is 2.79. The number of benzene rings is 2. The number of hydrazone groups is 1. The molecule has 0 aromatic heterocycles. The molecular formula is C32H50N2O3Si. The van der Waals surface area contributed by atoms with Gasteiger partial charge in [-0.05, 0) is 100.0 Å². The van der Waals surface area contributed by atoms with E-state index in [0.717, 1.165) is 37.9 Å². The molecule has 0 amide bonds. The van der Waals surface area contributed by atoms with Crippen molar-refractivity contribution >= 4 is 20.5 Å². The number of hydrogen-bond donors (Lipinski definition) is 0. The minimum Gasteiger partial charge on any atom is -0.544 e. The van der Waals surface area contributed by atoms with Crippen LogP contribution in [-0.4, -0.2) is 45.2 Å². The summed E-state index contributed by atoms with van der Waals surface area (Å²) in [7, 11) is 2.08. The molecule has 1 unspecified atom stereocenters. The van der Waals surface area contributed by atoms with Crippen LogP contribution < -0.4 is 4.43 Å². The second-order valence-corrected chi connectivity index (χ2v) is 17.8. The van der Waals surface area contributed by atoms with Gasteiger partial charge in [0, 0.05) is 26.2 Å². The van der Waals surface area contributed by atoms with E-state index in [2.05, 4.69) is 69.4 Å². The van der Waals surface area contributed by atoms with Gasteiger partial charge in [-0.2, -0.15) is 5.10 Å². The van der Waals surface area contributed by atoms with Crippen molar-refractivity contribution in [1.29, 1.82) is 0 Å². The Morgan fingerprint density at radius 1 is 0.921 bits per heavy atom.